The maximum Gasteiger partial charge on any atom is 0.167 e. The molecule has 0 aliphatic heterocycles. The van der Waals surface area contributed by atoms with Crippen LogP contribution in [0.3, 0.4) is 0 Å². The molecule has 2 rings (SSSR count). The number of aromatic nitrogens is 4. The predicted molar refractivity (Wildman–Crippen MR) is 67.4 cm³/mol. The van der Waals surface area contributed by atoms with Crippen molar-refractivity contribution in [3.8, 4) is 0 Å². The zero-order valence-corrected chi connectivity index (χ0v) is 10.7. The van der Waals surface area contributed by atoms with Crippen LogP contribution in [0.15, 0.2) is 12.7 Å². The topological polar surface area (TPSA) is 76.3 Å². The number of hydrogen-bond donors (Lipinski definition) is 1. The van der Waals surface area contributed by atoms with Gasteiger partial charge >= 0.3 is 0 Å². The van der Waals surface area contributed by atoms with Crippen molar-refractivity contribution in [3.05, 3.63) is 12.7 Å². The molecule has 0 saturated carbocycles. The number of hydrogen-bond acceptors (Lipinski definition) is 6. The summed E-state index contributed by atoms with van der Waals surface area (Å²) in [6.07, 6.45) is 2.95. The second-order valence-electron chi connectivity index (χ2n) is 4.11. The van der Waals surface area contributed by atoms with Crippen LogP contribution >= 0.6 is 0 Å². The first-order valence-corrected chi connectivity index (χ1v) is 5.72. The van der Waals surface area contributed by atoms with Gasteiger partial charge in [0.05, 0.1) is 19.5 Å². The van der Waals surface area contributed by atoms with E-state index >= 15 is 0 Å². The summed E-state index contributed by atoms with van der Waals surface area (Å²) >= 11 is 0. The Balaban J connectivity index is 2.39. The molecule has 2 aromatic rings. The van der Waals surface area contributed by atoms with Crippen LogP contribution in [-0.4, -0.2) is 51.9 Å². The highest BCUT2D eigenvalue weighted by Crippen LogP contribution is 2.22. The summed E-state index contributed by atoms with van der Waals surface area (Å²) in [5.41, 5.74) is 1.46. The second kappa shape index (κ2) is 5.28. The van der Waals surface area contributed by atoms with E-state index in [2.05, 4.69) is 15.0 Å². The van der Waals surface area contributed by atoms with Crippen LogP contribution < -0.4 is 4.90 Å². The molecular weight excluding hydrogens is 234 g/mol. The van der Waals surface area contributed by atoms with Crippen molar-refractivity contribution in [1.29, 1.82) is 0 Å². The molecule has 2 aromatic heterocycles. The minimum atomic E-state index is -0.230. The Morgan fingerprint density at radius 1 is 1.39 bits per heavy atom. The molecule has 1 N–H and O–H groups in total. The summed E-state index contributed by atoms with van der Waals surface area (Å²) < 4.78 is 7.26. The third kappa shape index (κ3) is 2.27. The van der Waals surface area contributed by atoms with E-state index in [0.717, 1.165) is 17.0 Å². The predicted octanol–water partition coefficient (Wildman–Crippen LogP) is 0.420. The fraction of sp³-hybridized carbons (Fsp3) is 0.545. The lowest BCUT2D eigenvalue weighted by Gasteiger charge is -2.15. The van der Waals surface area contributed by atoms with Gasteiger partial charge in [0.15, 0.2) is 17.0 Å². The zero-order chi connectivity index (χ0) is 13.1. The highest BCUT2D eigenvalue weighted by Gasteiger charge is 2.14. The lowest BCUT2D eigenvalue weighted by molar-refractivity contribution is -0.000878. The molecular formula is C11H17N5O2. The maximum atomic E-state index is 8.76. The molecule has 0 fully saturated rings. The summed E-state index contributed by atoms with van der Waals surface area (Å²) in [6, 6.07) is 0. The lowest BCUT2D eigenvalue weighted by Crippen LogP contribution is -2.13. The van der Waals surface area contributed by atoms with E-state index in [1.165, 1.54) is 6.33 Å². The standard InChI is InChI=1S/C11H17N5O2/c1-8(18-5-4-17)16-7-14-9-10(15(2)3)12-6-13-11(9)16/h6-8,17H,4-5H2,1-3H3. The van der Waals surface area contributed by atoms with Crippen molar-refractivity contribution in [2.24, 2.45) is 0 Å². The number of fused-ring (bicyclic) bond motifs is 1. The molecule has 2 heterocycles. The molecule has 0 aliphatic rings. The van der Waals surface area contributed by atoms with Crippen molar-refractivity contribution in [3.63, 3.8) is 0 Å². The fourth-order valence-corrected chi connectivity index (χ4v) is 1.74. The molecule has 0 spiro atoms. The summed E-state index contributed by atoms with van der Waals surface area (Å²) in [5.74, 6) is 0.771. The largest absolute Gasteiger partial charge is 0.394 e. The van der Waals surface area contributed by atoms with Gasteiger partial charge in [0.25, 0.3) is 0 Å². The molecule has 0 bridgehead atoms. The molecule has 0 aromatic carbocycles. The van der Waals surface area contributed by atoms with E-state index in [0.29, 0.717) is 0 Å². The fourth-order valence-electron chi connectivity index (χ4n) is 1.74. The minimum absolute atomic E-state index is 0.00506. The first-order valence-electron chi connectivity index (χ1n) is 5.72. The molecule has 0 radical (unpaired) electrons. The van der Waals surface area contributed by atoms with E-state index in [1.807, 2.05) is 30.5 Å². The molecule has 1 atom stereocenters. The van der Waals surface area contributed by atoms with Crippen molar-refractivity contribution in [1.82, 2.24) is 19.5 Å². The molecule has 7 heteroatoms. The monoisotopic (exact) mass is 251 g/mol. The van der Waals surface area contributed by atoms with Gasteiger partial charge in [-0.1, -0.05) is 0 Å². The summed E-state index contributed by atoms with van der Waals surface area (Å²) in [4.78, 5) is 14.6. The normalized spacial score (nSPS) is 12.9. The second-order valence-corrected chi connectivity index (χ2v) is 4.11. The van der Waals surface area contributed by atoms with Crippen LogP contribution in [0.1, 0.15) is 13.2 Å². The smallest absolute Gasteiger partial charge is 0.167 e. The van der Waals surface area contributed by atoms with Crippen LogP contribution in [0.5, 0.6) is 0 Å². The van der Waals surface area contributed by atoms with Gasteiger partial charge in [-0.15, -0.1) is 0 Å². The van der Waals surface area contributed by atoms with E-state index in [4.69, 9.17) is 9.84 Å². The maximum absolute atomic E-state index is 8.76. The summed E-state index contributed by atoms with van der Waals surface area (Å²) in [6.45, 7) is 2.16. The number of imidazole rings is 1. The third-order valence-corrected chi connectivity index (χ3v) is 2.61. The number of rotatable bonds is 5. The first-order chi connectivity index (χ1) is 8.65. The van der Waals surface area contributed by atoms with Gasteiger partial charge in [-0.25, -0.2) is 15.0 Å². The van der Waals surface area contributed by atoms with E-state index in [1.54, 1.807) is 6.33 Å². The van der Waals surface area contributed by atoms with Gasteiger partial charge in [0.1, 0.15) is 12.6 Å². The van der Waals surface area contributed by atoms with Crippen molar-refractivity contribution >= 4 is 17.0 Å². The number of anilines is 1. The highest BCUT2D eigenvalue weighted by atomic mass is 16.5. The molecule has 0 aliphatic carbocycles. The van der Waals surface area contributed by atoms with Gasteiger partial charge < -0.3 is 14.7 Å². The molecule has 0 saturated heterocycles. The Hall–Kier alpha value is -1.73. The van der Waals surface area contributed by atoms with Crippen LogP contribution in [0, 0.1) is 0 Å². The van der Waals surface area contributed by atoms with Crippen molar-refractivity contribution < 1.29 is 9.84 Å². The number of aliphatic hydroxyl groups excluding tert-OH is 1. The van der Waals surface area contributed by atoms with Crippen molar-refractivity contribution in [2.45, 2.75) is 13.2 Å². The molecule has 18 heavy (non-hydrogen) atoms. The molecule has 1 unspecified atom stereocenters. The van der Waals surface area contributed by atoms with Crippen molar-refractivity contribution in [2.75, 3.05) is 32.2 Å². The Morgan fingerprint density at radius 3 is 2.83 bits per heavy atom. The SMILES string of the molecule is CC(OCCO)n1cnc2c(N(C)C)ncnc21. The number of nitrogens with zero attached hydrogens (tertiary/aromatic N) is 5. The average molecular weight is 251 g/mol. The highest BCUT2D eigenvalue weighted by molar-refractivity contribution is 5.83. The van der Waals surface area contributed by atoms with E-state index in [9.17, 15) is 0 Å². The van der Waals surface area contributed by atoms with Gasteiger partial charge in [0, 0.05) is 14.1 Å². The summed E-state index contributed by atoms with van der Waals surface area (Å²) in [7, 11) is 3.82. The minimum Gasteiger partial charge on any atom is -0.394 e. The zero-order valence-electron chi connectivity index (χ0n) is 10.7. The van der Waals surface area contributed by atoms with E-state index in [-0.39, 0.29) is 19.4 Å². The molecule has 7 nitrogen and oxygen atoms in total. The quantitative estimate of drug-likeness (QED) is 0.830. The van der Waals surface area contributed by atoms with Crippen LogP contribution in [0.4, 0.5) is 5.82 Å². The Morgan fingerprint density at radius 2 is 2.17 bits per heavy atom. The number of aliphatic hydroxyl groups is 1. The van der Waals surface area contributed by atoms with E-state index < -0.39 is 0 Å². The molecule has 98 valence electrons. The Labute approximate surface area is 105 Å². The first kappa shape index (κ1) is 12.7. The lowest BCUT2D eigenvalue weighted by atomic mass is 10.4. The Bertz CT molecular complexity index is 525. The Kier molecular flexibility index (Phi) is 3.73. The van der Waals surface area contributed by atoms with Gasteiger partial charge in [-0.3, -0.25) is 4.57 Å². The van der Waals surface area contributed by atoms with Gasteiger partial charge in [-0.2, -0.15) is 0 Å². The summed E-state index contributed by atoms with van der Waals surface area (Å²) in [5, 5.41) is 8.76. The molecule has 0 amide bonds. The van der Waals surface area contributed by atoms with Gasteiger partial charge in [0.2, 0.25) is 0 Å². The number of ether oxygens (including phenoxy) is 1. The average Bonchev–Trinajstić information content (AvgIpc) is 2.79. The van der Waals surface area contributed by atoms with Crippen LogP contribution in [0.2, 0.25) is 0 Å². The van der Waals surface area contributed by atoms with Crippen LogP contribution in [-0.2, 0) is 4.74 Å². The van der Waals surface area contributed by atoms with Crippen LogP contribution in [0.25, 0.3) is 11.2 Å². The van der Waals surface area contributed by atoms with Gasteiger partial charge in [-0.05, 0) is 6.92 Å². The third-order valence-electron chi connectivity index (χ3n) is 2.61.